The van der Waals surface area contributed by atoms with E-state index in [0.717, 1.165) is 5.56 Å². The summed E-state index contributed by atoms with van der Waals surface area (Å²) in [5.74, 6) is 0.540. The van der Waals surface area contributed by atoms with Gasteiger partial charge in [0, 0.05) is 7.05 Å². The van der Waals surface area contributed by atoms with Gasteiger partial charge in [-0.15, -0.1) is 10.2 Å². The van der Waals surface area contributed by atoms with Crippen molar-refractivity contribution in [1.29, 1.82) is 0 Å². The number of nitrogens with zero attached hydrogens (tertiary/aromatic N) is 3. The number of thioether (sulfide) groups is 1. The molecule has 0 fully saturated rings. The Labute approximate surface area is 160 Å². The fraction of sp³-hybridized carbons (Fsp3) is 0.211. The van der Waals surface area contributed by atoms with E-state index in [2.05, 4.69) is 15.5 Å². The number of benzene rings is 2. The van der Waals surface area contributed by atoms with Crippen molar-refractivity contribution in [3.63, 3.8) is 0 Å². The molecule has 0 unspecified atom stereocenters. The van der Waals surface area contributed by atoms with Crippen molar-refractivity contribution >= 4 is 23.4 Å². The summed E-state index contributed by atoms with van der Waals surface area (Å²) in [5, 5.41) is 11.1. The van der Waals surface area contributed by atoms with Crippen molar-refractivity contribution in [2.24, 2.45) is 7.05 Å². The Morgan fingerprint density at radius 1 is 1.19 bits per heavy atom. The molecule has 3 rings (SSSR count). The maximum absolute atomic E-state index is 13.7. The molecule has 0 aliphatic heterocycles. The molecule has 0 saturated carbocycles. The molecular weight excluding hydrogens is 367 g/mol. The van der Waals surface area contributed by atoms with Crippen LogP contribution in [-0.4, -0.2) is 33.0 Å². The van der Waals surface area contributed by atoms with Gasteiger partial charge in [0.25, 0.3) is 0 Å². The molecule has 0 bridgehead atoms. The van der Waals surface area contributed by atoms with Crippen molar-refractivity contribution in [3.8, 4) is 17.1 Å². The van der Waals surface area contributed by atoms with Crippen LogP contribution in [0.3, 0.4) is 0 Å². The first kappa shape index (κ1) is 18.9. The monoisotopic (exact) mass is 386 g/mol. The van der Waals surface area contributed by atoms with Gasteiger partial charge in [-0.25, -0.2) is 4.39 Å². The molecule has 0 spiro atoms. The lowest BCUT2D eigenvalue weighted by Crippen LogP contribution is -2.23. The van der Waals surface area contributed by atoms with Gasteiger partial charge < -0.3 is 14.6 Å². The average Bonchev–Trinajstić information content (AvgIpc) is 3.03. The van der Waals surface area contributed by atoms with Crippen LogP contribution in [0, 0.1) is 5.82 Å². The molecule has 1 N–H and O–H groups in total. The standard InChI is InChI=1S/C19H19FN4O2S/c1-12(18(25)21-15-10-6-5-9-14(15)20)27-19-23-22-17(24(19)2)13-8-4-7-11-16(13)26-3/h4-12H,1-3H3,(H,21,25)/t12-/m0/s1. The van der Waals surface area contributed by atoms with E-state index in [0.29, 0.717) is 16.7 Å². The number of hydrogen-bond acceptors (Lipinski definition) is 5. The lowest BCUT2D eigenvalue weighted by atomic mass is 10.2. The molecule has 6 nitrogen and oxygen atoms in total. The van der Waals surface area contributed by atoms with Crippen molar-refractivity contribution in [2.45, 2.75) is 17.3 Å². The number of carbonyl (C=O) groups excluding carboxylic acids is 1. The Kier molecular flexibility index (Phi) is 5.75. The molecule has 3 aromatic rings. The largest absolute Gasteiger partial charge is 0.496 e. The maximum Gasteiger partial charge on any atom is 0.237 e. The van der Waals surface area contributed by atoms with Crippen molar-refractivity contribution in [3.05, 3.63) is 54.3 Å². The third-order valence-electron chi connectivity index (χ3n) is 3.97. The van der Waals surface area contributed by atoms with Crippen LogP contribution in [0.2, 0.25) is 0 Å². The van der Waals surface area contributed by atoms with E-state index in [1.807, 2.05) is 31.3 Å². The molecule has 2 aromatic carbocycles. The lowest BCUT2D eigenvalue weighted by Gasteiger charge is -2.12. The molecule has 27 heavy (non-hydrogen) atoms. The predicted molar refractivity (Wildman–Crippen MR) is 103 cm³/mol. The van der Waals surface area contributed by atoms with Gasteiger partial charge in [-0.2, -0.15) is 0 Å². The molecule has 0 aliphatic rings. The first-order chi connectivity index (χ1) is 13.0. The van der Waals surface area contributed by atoms with E-state index < -0.39 is 11.1 Å². The van der Waals surface area contributed by atoms with Crippen molar-refractivity contribution < 1.29 is 13.9 Å². The fourth-order valence-corrected chi connectivity index (χ4v) is 3.30. The summed E-state index contributed by atoms with van der Waals surface area (Å²) in [4.78, 5) is 12.4. The summed E-state index contributed by atoms with van der Waals surface area (Å²) in [7, 11) is 3.42. The Balaban J connectivity index is 1.75. The number of ether oxygens (including phenoxy) is 1. The lowest BCUT2D eigenvalue weighted by molar-refractivity contribution is -0.115. The minimum absolute atomic E-state index is 0.155. The highest BCUT2D eigenvalue weighted by atomic mass is 32.2. The first-order valence-electron chi connectivity index (χ1n) is 8.26. The van der Waals surface area contributed by atoms with Gasteiger partial charge in [0.1, 0.15) is 11.6 Å². The molecule has 0 aliphatic carbocycles. The number of halogens is 1. The smallest absolute Gasteiger partial charge is 0.237 e. The van der Waals surface area contributed by atoms with Gasteiger partial charge in [-0.3, -0.25) is 4.79 Å². The van der Waals surface area contributed by atoms with E-state index in [-0.39, 0.29) is 11.6 Å². The first-order valence-corrected chi connectivity index (χ1v) is 9.14. The van der Waals surface area contributed by atoms with E-state index in [4.69, 9.17) is 4.74 Å². The summed E-state index contributed by atoms with van der Waals surface area (Å²) in [6.07, 6.45) is 0. The highest BCUT2D eigenvalue weighted by molar-refractivity contribution is 8.00. The van der Waals surface area contributed by atoms with E-state index in [9.17, 15) is 9.18 Å². The number of para-hydroxylation sites is 2. The zero-order valence-electron chi connectivity index (χ0n) is 15.1. The molecule has 1 heterocycles. The second-order valence-corrected chi connectivity index (χ2v) is 7.10. The molecule has 8 heteroatoms. The summed E-state index contributed by atoms with van der Waals surface area (Å²) >= 11 is 1.25. The number of amides is 1. The average molecular weight is 386 g/mol. The maximum atomic E-state index is 13.7. The third kappa shape index (κ3) is 4.11. The van der Waals surface area contributed by atoms with Gasteiger partial charge >= 0.3 is 0 Å². The Bertz CT molecular complexity index is 960. The van der Waals surface area contributed by atoms with Crippen molar-refractivity contribution in [2.75, 3.05) is 12.4 Å². The van der Waals surface area contributed by atoms with Crippen LogP contribution in [0.25, 0.3) is 11.4 Å². The molecule has 140 valence electrons. The quantitative estimate of drug-likeness (QED) is 0.654. The molecule has 1 aromatic heterocycles. The van der Waals surface area contributed by atoms with Crippen LogP contribution >= 0.6 is 11.8 Å². The molecule has 0 radical (unpaired) electrons. The molecule has 1 atom stereocenters. The fourth-order valence-electron chi connectivity index (χ4n) is 2.49. The minimum Gasteiger partial charge on any atom is -0.496 e. The zero-order chi connectivity index (χ0) is 19.4. The Morgan fingerprint density at radius 3 is 2.63 bits per heavy atom. The number of nitrogens with one attached hydrogen (secondary N) is 1. The second-order valence-electron chi connectivity index (χ2n) is 5.79. The summed E-state index contributed by atoms with van der Waals surface area (Å²) < 4.78 is 20.9. The minimum atomic E-state index is -0.488. The van der Waals surface area contributed by atoms with Crippen LogP contribution in [-0.2, 0) is 11.8 Å². The van der Waals surface area contributed by atoms with Gasteiger partial charge in [-0.05, 0) is 31.2 Å². The van der Waals surface area contributed by atoms with Gasteiger partial charge in [0.05, 0.1) is 23.6 Å². The Morgan fingerprint density at radius 2 is 1.89 bits per heavy atom. The zero-order valence-corrected chi connectivity index (χ0v) is 16.0. The highest BCUT2D eigenvalue weighted by Gasteiger charge is 2.21. The molecule has 0 saturated heterocycles. The summed E-state index contributed by atoms with van der Waals surface area (Å²) in [6, 6.07) is 13.6. The number of anilines is 1. The number of aromatic nitrogens is 3. The summed E-state index contributed by atoms with van der Waals surface area (Å²) in [6.45, 7) is 1.73. The number of methoxy groups -OCH3 is 1. The van der Waals surface area contributed by atoms with Crippen LogP contribution in [0.4, 0.5) is 10.1 Å². The van der Waals surface area contributed by atoms with Gasteiger partial charge in [-0.1, -0.05) is 36.0 Å². The highest BCUT2D eigenvalue weighted by Crippen LogP contribution is 2.31. The number of rotatable bonds is 6. The van der Waals surface area contributed by atoms with Crippen LogP contribution in [0.1, 0.15) is 6.92 Å². The van der Waals surface area contributed by atoms with Crippen LogP contribution < -0.4 is 10.1 Å². The van der Waals surface area contributed by atoms with E-state index in [1.54, 1.807) is 30.7 Å². The normalized spacial score (nSPS) is 11.9. The molecule has 1 amide bonds. The van der Waals surface area contributed by atoms with Crippen LogP contribution in [0.15, 0.2) is 53.7 Å². The van der Waals surface area contributed by atoms with Crippen LogP contribution in [0.5, 0.6) is 5.75 Å². The summed E-state index contributed by atoms with van der Waals surface area (Å²) in [5.41, 5.74) is 0.966. The third-order valence-corrected chi connectivity index (χ3v) is 5.10. The van der Waals surface area contributed by atoms with Crippen molar-refractivity contribution in [1.82, 2.24) is 14.8 Å². The predicted octanol–water partition coefficient (Wildman–Crippen LogP) is 3.75. The van der Waals surface area contributed by atoms with E-state index in [1.165, 1.54) is 23.9 Å². The van der Waals surface area contributed by atoms with Gasteiger partial charge in [0.15, 0.2) is 11.0 Å². The SMILES string of the molecule is COc1ccccc1-c1nnc(S[C@@H](C)C(=O)Nc2ccccc2F)n1C. The Hall–Kier alpha value is -2.87. The molecular formula is C19H19FN4O2S. The number of carbonyl (C=O) groups is 1. The topological polar surface area (TPSA) is 69.0 Å². The van der Waals surface area contributed by atoms with E-state index >= 15 is 0 Å². The van der Waals surface area contributed by atoms with Gasteiger partial charge in [0.2, 0.25) is 5.91 Å². The number of hydrogen-bond donors (Lipinski definition) is 1. The second kappa shape index (κ2) is 8.22.